The molecule has 2 fully saturated rings. The lowest BCUT2D eigenvalue weighted by atomic mass is 9.99. The van der Waals surface area contributed by atoms with Gasteiger partial charge in [-0.25, -0.2) is 0 Å². The standard InChI is InChI=1S/C12H20N2O3/c1-2-10-8(3-4-17-10)6-14-12(16)9-5-11(15)13-7-9/h8-10H,2-7H2,1H3,(H,13,15)(H,14,16). The fourth-order valence-corrected chi connectivity index (χ4v) is 2.54. The Labute approximate surface area is 101 Å². The molecule has 0 radical (unpaired) electrons. The second-order valence-corrected chi connectivity index (χ2v) is 4.82. The Balaban J connectivity index is 1.74. The minimum Gasteiger partial charge on any atom is -0.378 e. The lowest BCUT2D eigenvalue weighted by molar-refractivity contribution is -0.126. The molecule has 2 aliphatic heterocycles. The summed E-state index contributed by atoms with van der Waals surface area (Å²) < 4.78 is 5.57. The summed E-state index contributed by atoms with van der Waals surface area (Å²) in [6.45, 7) is 4.04. The Kier molecular flexibility index (Phi) is 3.99. The maximum Gasteiger partial charge on any atom is 0.225 e. The van der Waals surface area contributed by atoms with Crippen molar-refractivity contribution < 1.29 is 14.3 Å². The molecule has 3 unspecified atom stereocenters. The topological polar surface area (TPSA) is 67.4 Å². The van der Waals surface area contributed by atoms with Gasteiger partial charge in [0, 0.05) is 32.0 Å². The van der Waals surface area contributed by atoms with Crippen molar-refractivity contribution in [1.29, 1.82) is 0 Å². The average molecular weight is 240 g/mol. The summed E-state index contributed by atoms with van der Waals surface area (Å²) in [5.74, 6) is 0.199. The molecule has 17 heavy (non-hydrogen) atoms. The summed E-state index contributed by atoms with van der Waals surface area (Å²) in [5.41, 5.74) is 0. The molecule has 2 saturated heterocycles. The molecule has 2 amide bonds. The van der Waals surface area contributed by atoms with Crippen LogP contribution in [0.4, 0.5) is 0 Å². The second kappa shape index (κ2) is 5.49. The molecule has 0 spiro atoms. The number of rotatable bonds is 4. The lowest BCUT2D eigenvalue weighted by Crippen LogP contribution is -2.37. The molecule has 0 aromatic rings. The highest BCUT2D eigenvalue weighted by molar-refractivity contribution is 5.89. The summed E-state index contributed by atoms with van der Waals surface area (Å²) in [5, 5.41) is 5.61. The van der Waals surface area contributed by atoms with E-state index in [4.69, 9.17) is 4.74 Å². The quantitative estimate of drug-likeness (QED) is 0.730. The van der Waals surface area contributed by atoms with Crippen molar-refractivity contribution in [2.24, 2.45) is 11.8 Å². The van der Waals surface area contributed by atoms with Gasteiger partial charge >= 0.3 is 0 Å². The Morgan fingerprint density at radius 2 is 2.41 bits per heavy atom. The van der Waals surface area contributed by atoms with Gasteiger partial charge in [-0.3, -0.25) is 9.59 Å². The van der Waals surface area contributed by atoms with Gasteiger partial charge in [-0.1, -0.05) is 6.92 Å². The van der Waals surface area contributed by atoms with Gasteiger partial charge in [0.05, 0.1) is 12.0 Å². The van der Waals surface area contributed by atoms with Crippen LogP contribution in [0.2, 0.25) is 0 Å². The zero-order valence-electron chi connectivity index (χ0n) is 10.2. The molecule has 2 aliphatic rings. The Morgan fingerprint density at radius 1 is 1.59 bits per heavy atom. The van der Waals surface area contributed by atoms with Crippen molar-refractivity contribution in [2.75, 3.05) is 19.7 Å². The molecule has 2 N–H and O–H groups in total. The first kappa shape index (κ1) is 12.4. The van der Waals surface area contributed by atoms with E-state index in [1.807, 2.05) is 0 Å². The van der Waals surface area contributed by atoms with Crippen LogP contribution in [0.1, 0.15) is 26.2 Å². The number of carbonyl (C=O) groups is 2. The molecule has 0 saturated carbocycles. The molecule has 0 aromatic carbocycles. The molecule has 0 aliphatic carbocycles. The fraction of sp³-hybridized carbons (Fsp3) is 0.833. The van der Waals surface area contributed by atoms with Crippen LogP contribution in [-0.4, -0.2) is 37.6 Å². The maximum absolute atomic E-state index is 11.8. The number of ether oxygens (including phenoxy) is 1. The SMILES string of the molecule is CCC1OCCC1CNC(=O)C1CNC(=O)C1. The molecule has 5 heteroatoms. The maximum atomic E-state index is 11.8. The van der Waals surface area contributed by atoms with Crippen LogP contribution in [0, 0.1) is 11.8 Å². The number of hydrogen-bond donors (Lipinski definition) is 2. The number of hydrogen-bond acceptors (Lipinski definition) is 3. The third-order valence-electron chi connectivity index (χ3n) is 3.64. The van der Waals surface area contributed by atoms with Gasteiger partial charge in [-0.15, -0.1) is 0 Å². The summed E-state index contributed by atoms with van der Waals surface area (Å²) >= 11 is 0. The van der Waals surface area contributed by atoms with Gasteiger partial charge in [0.15, 0.2) is 0 Å². The molecule has 0 bridgehead atoms. The van der Waals surface area contributed by atoms with E-state index in [1.165, 1.54) is 0 Å². The first-order valence-electron chi connectivity index (χ1n) is 6.36. The van der Waals surface area contributed by atoms with E-state index < -0.39 is 0 Å². The molecular weight excluding hydrogens is 220 g/mol. The Hall–Kier alpha value is -1.10. The van der Waals surface area contributed by atoms with Crippen LogP contribution in [-0.2, 0) is 14.3 Å². The van der Waals surface area contributed by atoms with E-state index in [0.717, 1.165) is 19.4 Å². The van der Waals surface area contributed by atoms with Crippen molar-refractivity contribution in [1.82, 2.24) is 10.6 Å². The number of carbonyl (C=O) groups excluding carboxylic acids is 2. The van der Waals surface area contributed by atoms with Crippen molar-refractivity contribution >= 4 is 11.8 Å². The first-order chi connectivity index (χ1) is 8.20. The highest BCUT2D eigenvalue weighted by Gasteiger charge is 2.30. The third kappa shape index (κ3) is 2.97. The first-order valence-corrected chi connectivity index (χ1v) is 6.36. The zero-order valence-corrected chi connectivity index (χ0v) is 10.2. The highest BCUT2D eigenvalue weighted by atomic mass is 16.5. The molecule has 5 nitrogen and oxygen atoms in total. The Morgan fingerprint density at radius 3 is 3.06 bits per heavy atom. The van der Waals surface area contributed by atoms with Crippen LogP contribution in [0.15, 0.2) is 0 Å². The van der Waals surface area contributed by atoms with E-state index in [1.54, 1.807) is 0 Å². The smallest absolute Gasteiger partial charge is 0.225 e. The van der Waals surface area contributed by atoms with Crippen molar-refractivity contribution in [3.8, 4) is 0 Å². The third-order valence-corrected chi connectivity index (χ3v) is 3.64. The normalized spacial score (nSPS) is 32.5. The van der Waals surface area contributed by atoms with E-state index in [2.05, 4.69) is 17.6 Å². The monoisotopic (exact) mass is 240 g/mol. The van der Waals surface area contributed by atoms with Gasteiger partial charge in [0.1, 0.15) is 0 Å². The number of nitrogens with one attached hydrogen (secondary N) is 2. The zero-order chi connectivity index (χ0) is 12.3. The summed E-state index contributed by atoms with van der Waals surface area (Å²) in [6.07, 6.45) is 2.60. The van der Waals surface area contributed by atoms with Crippen LogP contribution >= 0.6 is 0 Å². The van der Waals surface area contributed by atoms with Crippen LogP contribution in [0.5, 0.6) is 0 Å². The van der Waals surface area contributed by atoms with Crippen molar-refractivity contribution in [2.45, 2.75) is 32.3 Å². The van der Waals surface area contributed by atoms with Crippen LogP contribution < -0.4 is 10.6 Å². The molecular formula is C12H20N2O3. The lowest BCUT2D eigenvalue weighted by Gasteiger charge is -2.18. The van der Waals surface area contributed by atoms with Crippen LogP contribution in [0.3, 0.4) is 0 Å². The van der Waals surface area contributed by atoms with Crippen LogP contribution in [0.25, 0.3) is 0 Å². The highest BCUT2D eigenvalue weighted by Crippen LogP contribution is 2.22. The molecule has 96 valence electrons. The predicted molar refractivity (Wildman–Crippen MR) is 62.3 cm³/mol. The van der Waals surface area contributed by atoms with E-state index in [0.29, 0.717) is 25.4 Å². The number of amides is 2. The summed E-state index contributed by atoms with van der Waals surface area (Å²) in [7, 11) is 0. The van der Waals surface area contributed by atoms with Crippen molar-refractivity contribution in [3.63, 3.8) is 0 Å². The molecule has 2 heterocycles. The van der Waals surface area contributed by atoms with E-state index in [9.17, 15) is 9.59 Å². The second-order valence-electron chi connectivity index (χ2n) is 4.82. The summed E-state index contributed by atoms with van der Waals surface area (Å²) in [6, 6.07) is 0. The van der Waals surface area contributed by atoms with Crippen molar-refractivity contribution in [3.05, 3.63) is 0 Å². The van der Waals surface area contributed by atoms with E-state index >= 15 is 0 Å². The molecule has 2 rings (SSSR count). The molecule has 3 atom stereocenters. The predicted octanol–water partition coefficient (Wildman–Crippen LogP) is 0.0538. The van der Waals surface area contributed by atoms with E-state index in [-0.39, 0.29) is 23.8 Å². The largest absolute Gasteiger partial charge is 0.378 e. The minimum atomic E-state index is -0.190. The summed E-state index contributed by atoms with van der Waals surface area (Å²) in [4.78, 5) is 22.8. The van der Waals surface area contributed by atoms with Gasteiger partial charge in [-0.2, -0.15) is 0 Å². The minimum absolute atomic E-state index is 0.00916. The van der Waals surface area contributed by atoms with Gasteiger partial charge < -0.3 is 15.4 Å². The van der Waals surface area contributed by atoms with Gasteiger partial charge in [-0.05, 0) is 12.8 Å². The fourth-order valence-electron chi connectivity index (χ4n) is 2.54. The Bertz CT molecular complexity index is 306. The van der Waals surface area contributed by atoms with Gasteiger partial charge in [0.25, 0.3) is 0 Å². The molecule has 0 aromatic heterocycles. The van der Waals surface area contributed by atoms with Gasteiger partial charge in [0.2, 0.25) is 11.8 Å². The average Bonchev–Trinajstić information content (AvgIpc) is 2.94.